The normalized spacial score (nSPS) is 14.1. The Bertz CT molecular complexity index is 2100. The van der Waals surface area contributed by atoms with Crippen LogP contribution >= 0.6 is 7.92 Å². The standard InChI is InChI=1S/C39H29BF10P/c1-16-11-18(3)38(19(4)12-16)51(39-20(5)13-17(2)14-21(39)6)25-15-24(22-9-7-8-10-23(22)25)40(26-28(41)32(45)36(49)33(46)29(26)42)27-30(43)34(47)37(50)35(48)31(27)44/h7-14,25H,15H2,1-6H3/q-1/t25-/m1/s1. The summed E-state index contributed by atoms with van der Waals surface area (Å²) in [4.78, 5) is 0. The van der Waals surface area contributed by atoms with E-state index in [0.717, 1.165) is 44.0 Å². The summed E-state index contributed by atoms with van der Waals surface area (Å²) in [5.41, 5.74) is 1.95. The third-order valence-corrected chi connectivity index (χ3v) is 13.0. The summed E-state index contributed by atoms with van der Waals surface area (Å²) in [6.07, 6.45) is -2.89. The van der Waals surface area contributed by atoms with Gasteiger partial charge < -0.3 is 0 Å². The molecule has 0 radical (unpaired) electrons. The van der Waals surface area contributed by atoms with E-state index in [1.54, 1.807) is 12.1 Å². The lowest BCUT2D eigenvalue weighted by atomic mass is 9.46. The maximum atomic E-state index is 15.7. The Labute approximate surface area is 289 Å². The molecule has 1 aliphatic rings. The molecule has 0 heterocycles. The maximum Gasteiger partial charge on any atom is 0.200 e. The van der Waals surface area contributed by atoms with Crippen LogP contribution in [0.2, 0.25) is 0 Å². The number of halogens is 10. The van der Waals surface area contributed by atoms with Crippen molar-refractivity contribution in [1.29, 1.82) is 0 Å². The van der Waals surface area contributed by atoms with Crippen LogP contribution in [-0.4, -0.2) is 11.8 Å². The zero-order valence-electron chi connectivity index (χ0n) is 28.2. The van der Waals surface area contributed by atoms with Gasteiger partial charge in [0, 0.05) is 5.66 Å². The highest BCUT2D eigenvalue weighted by Crippen LogP contribution is 2.57. The van der Waals surface area contributed by atoms with E-state index in [-0.39, 0.29) is 17.4 Å². The number of rotatable bonds is 5. The molecule has 1 atom stereocenters. The van der Waals surface area contributed by atoms with E-state index in [9.17, 15) is 26.3 Å². The molecule has 0 nitrogen and oxygen atoms in total. The topological polar surface area (TPSA) is 0 Å². The predicted molar refractivity (Wildman–Crippen MR) is 183 cm³/mol. The Kier molecular flexibility index (Phi) is 9.60. The van der Waals surface area contributed by atoms with Gasteiger partial charge in [-0.05, 0) is 87.9 Å². The van der Waals surface area contributed by atoms with Crippen LogP contribution in [0, 0.1) is 99.7 Å². The summed E-state index contributed by atoms with van der Waals surface area (Å²) in [5, 5.41) is 1.88. The average molecular weight is 729 g/mol. The van der Waals surface area contributed by atoms with E-state index in [1.807, 2.05) is 65.8 Å². The molecule has 0 saturated carbocycles. The van der Waals surface area contributed by atoms with Crippen LogP contribution in [0.4, 0.5) is 43.9 Å². The van der Waals surface area contributed by atoms with E-state index in [1.165, 1.54) is 12.1 Å². The first-order valence-electron chi connectivity index (χ1n) is 15.9. The molecule has 5 aromatic carbocycles. The smallest absolute Gasteiger partial charge is 0.200 e. The quantitative estimate of drug-likeness (QED) is 0.0558. The van der Waals surface area contributed by atoms with Crippen LogP contribution in [0.25, 0.3) is 0 Å². The van der Waals surface area contributed by atoms with Crippen molar-refractivity contribution in [2.75, 3.05) is 0 Å². The number of aryl methyl sites for hydroxylation is 6. The first-order valence-corrected chi connectivity index (χ1v) is 17.3. The van der Waals surface area contributed by atoms with Gasteiger partial charge in [0.2, 0.25) is 0 Å². The Morgan fingerprint density at radius 1 is 0.490 bits per heavy atom. The molecule has 0 saturated heterocycles. The van der Waals surface area contributed by atoms with Gasteiger partial charge in [-0.3, -0.25) is 0 Å². The molecule has 0 amide bonds. The molecule has 6 rings (SSSR count). The minimum absolute atomic E-state index is 0.137. The molecular weight excluding hydrogens is 700 g/mol. The molecule has 0 fully saturated rings. The Morgan fingerprint density at radius 2 is 0.824 bits per heavy atom. The fourth-order valence-corrected chi connectivity index (χ4v) is 11.3. The SMILES string of the molecule is Cc1cc(C)c(P(c2c(C)cc(C)cc2C)[C@@H]2CC(=[B-](c3c(F)c(F)c(F)c(F)c3F)c3c(F)c(F)c(F)c(F)c3F)c3ccccc32)c(C)c1. The first-order chi connectivity index (χ1) is 24.0. The highest BCUT2D eigenvalue weighted by atomic mass is 31.1. The molecule has 0 aromatic heterocycles. The van der Waals surface area contributed by atoms with E-state index in [0.29, 0.717) is 5.56 Å². The van der Waals surface area contributed by atoms with E-state index >= 15 is 17.6 Å². The average Bonchev–Trinajstić information content (AvgIpc) is 3.44. The zero-order chi connectivity index (χ0) is 37.4. The van der Waals surface area contributed by atoms with Crippen molar-refractivity contribution in [2.24, 2.45) is 0 Å². The van der Waals surface area contributed by atoms with Crippen molar-refractivity contribution < 1.29 is 43.9 Å². The molecular formula is C39H29BF10P-. The molecule has 264 valence electrons. The number of hydrogen-bond acceptors (Lipinski definition) is 0. The first kappa shape index (κ1) is 36.6. The summed E-state index contributed by atoms with van der Waals surface area (Å²) >= 11 is 0. The summed E-state index contributed by atoms with van der Waals surface area (Å²) in [7, 11) is -1.51. The second-order valence-corrected chi connectivity index (χ2v) is 15.4. The van der Waals surface area contributed by atoms with Gasteiger partial charge in [0.1, 0.15) is 23.3 Å². The Hall–Kier alpha value is -4.24. The predicted octanol–water partition coefficient (Wildman–Crippen LogP) is 8.92. The summed E-state index contributed by atoms with van der Waals surface area (Å²) in [5.74, 6) is -24.6. The fourth-order valence-electron chi connectivity index (χ4n) is 7.78. The second kappa shape index (κ2) is 13.4. The van der Waals surface area contributed by atoms with Crippen molar-refractivity contribution in [3.63, 3.8) is 0 Å². The van der Waals surface area contributed by atoms with Crippen LogP contribution in [0.1, 0.15) is 56.6 Å². The van der Waals surface area contributed by atoms with Crippen molar-refractivity contribution >= 4 is 41.3 Å². The molecule has 12 heteroatoms. The largest absolute Gasteiger partial charge is 0.236 e. The minimum Gasteiger partial charge on any atom is -0.236 e. The summed E-state index contributed by atoms with van der Waals surface area (Å²) in [6, 6.07) is 14.3. The Balaban J connectivity index is 1.79. The van der Waals surface area contributed by atoms with Crippen molar-refractivity contribution in [3.05, 3.63) is 151 Å². The van der Waals surface area contributed by atoms with Crippen molar-refractivity contribution in [1.82, 2.24) is 0 Å². The van der Waals surface area contributed by atoms with Gasteiger partial charge >= 0.3 is 0 Å². The van der Waals surface area contributed by atoms with Gasteiger partial charge in [-0.1, -0.05) is 78.0 Å². The number of benzene rings is 5. The lowest BCUT2D eigenvalue weighted by Gasteiger charge is -2.33. The van der Waals surface area contributed by atoms with Gasteiger partial charge in [0.25, 0.3) is 0 Å². The van der Waals surface area contributed by atoms with Gasteiger partial charge in [0.05, 0.1) is 0 Å². The Morgan fingerprint density at radius 3 is 1.20 bits per heavy atom. The third kappa shape index (κ3) is 5.82. The van der Waals surface area contributed by atoms with Gasteiger partial charge in [0.15, 0.2) is 34.9 Å². The monoisotopic (exact) mass is 729 g/mol. The molecule has 0 spiro atoms. The van der Waals surface area contributed by atoms with Crippen LogP contribution < -0.4 is 21.5 Å². The van der Waals surface area contributed by atoms with Crippen molar-refractivity contribution in [3.8, 4) is 0 Å². The zero-order valence-corrected chi connectivity index (χ0v) is 29.1. The highest BCUT2D eigenvalue weighted by molar-refractivity contribution is 7.73. The highest BCUT2D eigenvalue weighted by Gasteiger charge is 2.37. The van der Waals surface area contributed by atoms with Crippen LogP contribution in [-0.2, 0) is 0 Å². The molecule has 0 unspecified atom stereocenters. The summed E-state index contributed by atoms with van der Waals surface area (Å²) in [6.45, 7) is 11.6. The molecule has 1 aliphatic carbocycles. The van der Waals surface area contributed by atoms with Crippen molar-refractivity contribution in [2.45, 2.75) is 53.6 Å². The van der Waals surface area contributed by atoms with Crippen LogP contribution in [0.3, 0.4) is 0 Å². The fraction of sp³-hybridized carbons (Fsp3) is 0.205. The van der Waals surface area contributed by atoms with Crippen LogP contribution in [0.5, 0.6) is 0 Å². The summed E-state index contributed by atoms with van der Waals surface area (Å²) < 4.78 is 151. The van der Waals surface area contributed by atoms with Gasteiger partial charge in [-0.15, -0.1) is 10.9 Å². The van der Waals surface area contributed by atoms with E-state index < -0.39 is 89.0 Å². The van der Waals surface area contributed by atoms with E-state index in [4.69, 9.17) is 0 Å². The lowest BCUT2D eigenvalue weighted by molar-refractivity contribution is 0.382. The molecule has 0 aliphatic heterocycles. The second-order valence-electron chi connectivity index (χ2n) is 13.1. The molecule has 5 aromatic rings. The van der Waals surface area contributed by atoms with Gasteiger partial charge in [-0.25, -0.2) is 49.4 Å². The van der Waals surface area contributed by atoms with E-state index in [2.05, 4.69) is 0 Å². The maximum absolute atomic E-state index is 15.7. The number of fused-ring (bicyclic) bond motifs is 1. The van der Waals surface area contributed by atoms with Crippen LogP contribution in [0.15, 0.2) is 48.5 Å². The molecule has 0 N–H and O–H groups in total. The molecule has 0 bridgehead atoms. The molecule has 51 heavy (non-hydrogen) atoms. The third-order valence-electron chi connectivity index (χ3n) is 9.56. The van der Waals surface area contributed by atoms with Gasteiger partial charge in [-0.2, -0.15) is 0 Å². The minimum atomic E-state index is -2.61. The number of hydrogen-bond donors (Lipinski definition) is 0. The lowest BCUT2D eigenvalue weighted by Crippen LogP contribution is -2.49.